The zero-order chi connectivity index (χ0) is 19.8. The molecular formula is C20H24N4O4. The summed E-state index contributed by atoms with van der Waals surface area (Å²) >= 11 is 0. The van der Waals surface area contributed by atoms with Crippen molar-refractivity contribution in [3.05, 3.63) is 34.9 Å². The van der Waals surface area contributed by atoms with Crippen LogP contribution in [0.3, 0.4) is 0 Å². The SMILES string of the molecule is CCN(Cc1ccc2c(c1)C(=O)N(C1CCC(=O)NC1=O)C2=O)C1CCNC1. The molecule has 0 saturated carbocycles. The Labute approximate surface area is 163 Å². The fourth-order valence-corrected chi connectivity index (χ4v) is 4.30. The third-order valence-corrected chi connectivity index (χ3v) is 5.85. The Morgan fingerprint density at radius 1 is 1.11 bits per heavy atom. The Morgan fingerprint density at radius 2 is 1.89 bits per heavy atom. The number of carbonyl (C=O) groups excluding carboxylic acids is 4. The van der Waals surface area contributed by atoms with E-state index in [1.54, 1.807) is 12.1 Å². The zero-order valence-electron chi connectivity index (χ0n) is 15.9. The number of carbonyl (C=O) groups is 4. The minimum atomic E-state index is -0.926. The molecule has 3 aliphatic rings. The highest BCUT2D eigenvalue weighted by molar-refractivity contribution is 6.23. The molecule has 4 rings (SSSR count). The summed E-state index contributed by atoms with van der Waals surface area (Å²) in [7, 11) is 0. The van der Waals surface area contributed by atoms with Gasteiger partial charge < -0.3 is 5.32 Å². The van der Waals surface area contributed by atoms with Gasteiger partial charge in [0, 0.05) is 25.6 Å². The summed E-state index contributed by atoms with van der Waals surface area (Å²) in [5, 5.41) is 5.58. The predicted octanol–water partition coefficient (Wildman–Crippen LogP) is 0.272. The fourth-order valence-electron chi connectivity index (χ4n) is 4.30. The van der Waals surface area contributed by atoms with Crippen LogP contribution in [0.4, 0.5) is 0 Å². The van der Waals surface area contributed by atoms with Gasteiger partial charge in [0.2, 0.25) is 11.8 Å². The van der Waals surface area contributed by atoms with E-state index in [2.05, 4.69) is 22.5 Å². The number of nitrogens with zero attached hydrogens (tertiary/aromatic N) is 2. The van der Waals surface area contributed by atoms with Gasteiger partial charge in [0.1, 0.15) is 6.04 Å². The molecule has 28 heavy (non-hydrogen) atoms. The van der Waals surface area contributed by atoms with E-state index < -0.39 is 23.8 Å². The quantitative estimate of drug-likeness (QED) is 0.707. The molecule has 0 radical (unpaired) electrons. The van der Waals surface area contributed by atoms with Crippen molar-refractivity contribution in [2.75, 3.05) is 19.6 Å². The van der Waals surface area contributed by atoms with Crippen molar-refractivity contribution in [1.29, 1.82) is 0 Å². The molecule has 3 heterocycles. The topological polar surface area (TPSA) is 98.8 Å². The average Bonchev–Trinajstić information content (AvgIpc) is 3.29. The third kappa shape index (κ3) is 3.22. The van der Waals surface area contributed by atoms with Crippen LogP contribution in [0, 0.1) is 0 Å². The molecule has 2 unspecified atom stereocenters. The van der Waals surface area contributed by atoms with Gasteiger partial charge in [-0.25, -0.2) is 0 Å². The molecule has 8 nitrogen and oxygen atoms in total. The van der Waals surface area contributed by atoms with Crippen LogP contribution in [0.2, 0.25) is 0 Å². The second-order valence-corrected chi connectivity index (χ2v) is 7.54. The smallest absolute Gasteiger partial charge is 0.262 e. The first kappa shape index (κ1) is 18.8. The monoisotopic (exact) mass is 384 g/mol. The number of likely N-dealkylation sites (N-methyl/N-ethyl adjacent to an activating group) is 1. The molecule has 148 valence electrons. The summed E-state index contributed by atoms with van der Waals surface area (Å²) in [6.45, 7) is 5.69. The second-order valence-electron chi connectivity index (χ2n) is 7.54. The van der Waals surface area contributed by atoms with Crippen LogP contribution in [-0.4, -0.2) is 65.1 Å². The first-order valence-corrected chi connectivity index (χ1v) is 9.79. The number of benzene rings is 1. The molecule has 2 saturated heterocycles. The first-order chi connectivity index (χ1) is 13.5. The number of imide groups is 2. The molecule has 1 aromatic carbocycles. The maximum absolute atomic E-state index is 12.9. The molecule has 0 spiro atoms. The number of piperidine rings is 1. The molecule has 2 N–H and O–H groups in total. The van der Waals surface area contributed by atoms with Crippen LogP contribution >= 0.6 is 0 Å². The standard InChI is InChI=1S/C20H24N4O4/c1-2-23(13-7-8-21-10-13)11-12-3-4-14-15(9-12)20(28)24(19(14)27)16-5-6-17(25)22-18(16)26/h3-4,9,13,16,21H,2,5-8,10-11H2,1H3,(H,22,25,26). The lowest BCUT2D eigenvalue weighted by atomic mass is 10.0. The summed E-state index contributed by atoms with van der Waals surface area (Å²) < 4.78 is 0. The Bertz CT molecular complexity index is 847. The molecule has 2 fully saturated rings. The molecular weight excluding hydrogens is 360 g/mol. The van der Waals surface area contributed by atoms with E-state index in [9.17, 15) is 19.2 Å². The van der Waals surface area contributed by atoms with Crippen molar-refractivity contribution >= 4 is 23.6 Å². The van der Waals surface area contributed by atoms with E-state index >= 15 is 0 Å². The number of hydrogen-bond donors (Lipinski definition) is 2. The maximum Gasteiger partial charge on any atom is 0.262 e. The highest BCUT2D eigenvalue weighted by atomic mass is 16.2. The molecule has 4 amide bonds. The summed E-state index contributed by atoms with van der Waals surface area (Å²) in [5.74, 6) is -1.88. The largest absolute Gasteiger partial charge is 0.315 e. The van der Waals surface area contributed by atoms with Gasteiger partial charge in [-0.2, -0.15) is 0 Å². The minimum Gasteiger partial charge on any atom is -0.315 e. The van der Waals surface area contributed by atoms with Crippen LogP contribution in [0.5, 0.6) is 0 Å². The molecule has 3 aliphatic heterocycles. The number of fused-ring (bicyclic) bond motifs is 1. The van der Waals surface area contributed by atoms with Crippen molar-refractivity contribution in [3.8, 4) is 0 Å². The van der Waals surface area contributed by atoms with E-state index in [1.807, 2.05) is 6.07 Å². The Hall–Kier alpha value is -2.58. The van der Waals surface area contributed by atoms with Crippen molar-refractivity contribution < 1.29 is 19.2 Å². The van der Waals surface area contributed by atoms with E-state index in [-0.39, 0.29) is 18.7 Å². The third-order valence-electron chi connectivity index (χ3n) is 5.85. The van der Waals surface area contributed by atoms with Crippen molar-refractivity contribution in [1.82, 2.24) is 20.4 Å². The number of nitrogens with one attached hydrogen (secondary N) is 2. The van der Waals surface area contributed by atoms with Crippen molar-refractivity contribution in [2.45, 2.75) is 44.8 Å². The minimum absolute atomic E-state index is 0.121. The molecule has 8 heteroatoms. The highest BCUT2D eigenvalue weighted by Crippen LogP contribution is 2.29. The molecule has 0 aromatic heterocycles. The molecule has 0 bridgehead atoms. The predicted molar refractivity (Wildman–Crippen MR) is 100 cm³/mol. The average molecular weight is 384 g/mol. The second kappa shape index (κ2) is 7.44. The first-order valence-electron chi connectivity index (χ1n) is 9.79. The van der Waals surface area contributed by atoms with Gasteiger partial charge in [-0.05, 0) is 43.6 Å². The highest BCUT2D eigenvalue weighted by Gasteiger charge is 2.44. The van der Waals surface area contributed by atoms with Gasteiger partial charge in [0.15, 0.2) is 0 Å². The molecule has 0 aliphatic carbocycles. The lowest BCUT2D eigenvalue weighted by molar-refractivity contribution is -0.136. The van der Waals surface area contributed by atoms with E-state index in [0.717, 1.165) is 36.5 Å². The van der Waals surface area contributed by atoms with E-state index in [1.165, 1.54) is 0 Å². The lowest BCUT2D eigenvalue weighted by Crippen LogP contribution is -2.54. The van der Waals surface area contributed by atoms with Gasteiger partial charge in [0.05, 0.1) is 11.1 Å². The van der Waals surface area contributed by atoms with Crippen molar-refractivity contribution in [3.63, 3.8) is 0 Å². The summed E-state index contributed by atoms with van der Waals surface area (Å²) in [4.78, 5) is 52.6. The summed E-state index contributed by atoms with van der Waals surface area (Å²) in [6.07, 6.45) is 1.39. The number of rotatable bonds is 5. The van der Waals surface area contributed by atoms with Crippen molar-refractivity contribution in [2.24, 2.45) is 0 Å². The van der Waals surface area contributed by atoms with E-state index in [0.29, 0.717) is 23.7 Å². The fraction of sp³-hybridized carbons (Fsp3) is 0.500. The zero-order valence-corrected chi connectivity index (χ0v) is 15.9. The number of amides is 4. The normalized spacial score (nSPS) is 24.9. The summed E-state index contributed by atoms with van der Waals surface area (Å²) in [6, 6.07) is 4.87. The van der Waals surface area contributed by atoms with Crippen LogP contribution in [0.1, 0.15) is 52.5 Å². The van der Waals surface area contributed by atoms with Gasteiger partial charge in [-0.1, -0.05) is 13.0 Å². The van der Waals surface area contributed by atoms with Gasteiger partial charge >= 0.3 is 0 Å². The molecule has 1 aromatic rings. The Balaban J connectivity index is 1.55. The van der Waals surface area contributed by atoms with Gasteiger partial charge in [-0.15, -0.1) is 0 Å². The lowest BCUT2D eigenvalue weighted by Gasteiger charge is -2.27. The van der Waals surface area contributed by atoms with Crippen LogP contribution in [0.25, 0.3) is 0 Å². The Morgan fingerprint density at radius 3 is 2.57 bits per heavy atom. The molecule has 2 atom stereocenters. The van der Waals surface area contributed by atoms with Gasteiger partial charge in [0.25, 0.3) is 11.8 Å². The van der Waals surface area contributed by atoms with Crippen LogP contribution < -0.4 is 10.6 Å². The number of hydrogen-bond acceptors (Lipinski definition) is 6. The van der Waals surface area contributed by atoms with Gasteiger partial charge in [-0.3, -0.25) is 34.3 Å². The summed E-state index contributed by atoms with van der Waals surface area (Å²) in [5.41, 5.74) is 1.63. The van der Waals surface area contributed by atoms with E-state index in [4.69, 9.17) is 0 Å². The maximum atomic E-state index is 12.9. The van der Waals surface area contributed by atoms with Crippen LogP contribution in [0.15, 0.2) is 18.2 Å². The Kier molecular flexibility index (Phi) is 4.99. The van der Waals surface area contributed by atoms with Crippen LogP contribution in [-0.2, 0) is 16.1 Å².